The maximum absolute atomic E-state index is 11.7. The number of aryl methyl sites for hydroxylation is 2. The van der Waals surface area contributed by atoms with Gasteiger partial charge in [0.05, 0.1) is 17.9 Å². The molecule has 1 aromatic rings. The van der Waals surface area contributed by atoms with E-state index in [-0.39, 0.29) is 12.5 Å². The van der Waals surface area contributed by atoms with Crippen LogP contribution in [0.4, 0.5) is 10.5 Å². The standard InChI is InChI=1S/C13H21N5O2/c1-3-10-11(8-18(2)17-10)16-13(20)15-7-12(19)14-6-9-4-5-9/h8-9H,3-7H2,1-2H3,(H,14,19)(H2,15,16,20). The number of rotatable bonds is 6. The molecular weight excluding hydrogens is 258 g/mol. The van der Waals surface area contributed by atoms with E-state index in [4.69, 9.17) is 0 Å². The van der Waals surface area contributed by atoms with E-state index in [2.05, 4.69) is 21.0 Å². The predicted octanol–water partition coefficient (Wildman–Crippen LogP) is 0.630. The Morgan fingerprint density at radius 2 is 2.15 bits per heavy atom. The van der Waals surface area contributed by atoms with Crippen LogP contribution in [0.2, 0.25) is 0 Å². The minimum absolute atomic E-state index is 0.0136. The summed E-state index contributed by atoms with van der Waals surface area (Å²) in [5, 5.41) is 12.3. The molecule has 1 aliphatic carbocycles. The molecule has 20 heavy (non-hydrogen) atoms. The molecule has 2 rings (SSSR count). The Morgan fingerprint density at radius 1 is 1.40 bits per heavy atom. The van der Waals surface area contributed by atoms with Gasteiger partial charge in [0.25, 0.3) is 0 Å². The number of nitrogens with one attached hydrogen (secondary N) is 3. The lowest BCUT2D eigenvalue weighted by atomic mass is 10.3. The average molecular weight is 279 g/mol. The molecule has 0 unspecified atom stereocenters. The molecule has 0 atom stereocenters. The van der Waals surface area contributed by atoms with Crippen LogP contribution in [0.5, 0.6) is 0 Å². The van der Waals surface area contributed by atoms with Crippen LogP contribution in [0.1, 0.15) is 25.5 Å². The van der Waals surface area contributed by atoms with Crippen LogP contribution < -0.4 is 16.0 Å². The number of hydrogen-bond acceptors (Lipinski definition) is 3. The van der Waals surface area contributed by atoms with Crippen LogP contribution in [-0.2, 0) is 18.3 Å². The van der Waals surface area contributed by atoms with E-state index >= 15 is 0 Å². The van der Waals surface area contributed by atoms with Gasteiger partial charge in [0.15, 0.2) is 0 Å². The van der Waals surface area contributed by atoms with Crippen LogP contribution >= 0.6 is 0 Å². The zero-order valence-corrected chi connectivity index (χ0v) is 11.9. The maximum atomic E-state index is 11.7. The molecule has 110 valence electrons. The van der Waals surface area contributed by atoms with E-state index in [0.717, 1.165) is 12.1 Å². The largest absolute Gasteiger partial charge is 0.354 e. The number of urea groups is 1. The van der Waals surface area contributed by atoms with E-state index in [1.165, 1.54) is 12.8 Å². The predicted molar refractivity (Wildman–Crippen MR) is 75.3 cm³/mol. The second kappa shape index (κ2) is 6.40. The second-order valence-electron chi connectivity index (χ2n) is 5.07. The molecule has 0 aliphatic heterocycles. The van der Waals surface area contributed by atoms with Crippen molar-refractivity contribution in [2.24, 2.45) is 13.0 Å². The van der Waals surface area contributed by atoms with E-state index < -0.39 is 6.03 Å². The van der Waals surface area contributed by atoms with Gasteiger partial charge in [-0.05, 0) is 25.2 Å². The van der Waals surface area contributed by atoms with Crippen LogP contribution in [0, 0.1) is 5.92 Å². The summed E-state index contributed by atoms with van der Waals surface area (Å²) < 4.78 is 1.65. The van der Waals surface area contributed by atoms with E-state index in [1.54, 1.807) is 17.9 Å². The van der Waals surface area contributed by atoms with Gasteiger partial charge in [0.1, 0.15) is 0 Å². The lowest BCUT2D eigenvalue weighted by Crippen LogP contribution is -2.39. The molecule has 7 heteroatoms. The Kier molecular flexibility index (Phi) is 4.60. The third-order valence-corrected chi connectivity index (χ3v) is 3.18. The van der Waals surface area contributed by atoms with Gasteiger partial charge in [0, 0.05) is 19.8 Å². The first-order chi connectivity index (χ1) is 9.58. The fraction of sp³-hybridized carbons (Fsp3) is 0.615. The second-order valence-corrected chi connectivity index (χ2v) is 5.07. The number of amides is 3. The number of carbonyl (C=O) groups excluding carboxylic acids is 2. The normalized spacial score (nSPS) is 13.9. The minimum Gasteiger partial charge on any atom is -0.354 e. The minimum atomic E-state index is -0.394. The summed E-state index contributed by atoms with van der Waals surface area (Å²) in [5.41, 5.74) is 1.49. The van der Waals surface area contributed by atoms with Gasteiger partial charge in [-0.15, -0.1) is 0 Å². The van der Waals surface area contributed by atoms with Crippen molar-refractivity contribution in [3.05, 3.63) is 11.9 Å². The molecule has 1 fully saturated rings. The first-order valence-corrected chi connectivity index (χ1v) is 6.92. The summed E-state index contributed by atoms with van der Waals surface area (Å²) in [6.45, 7) is 2.67. The van der Waals surface area contributed by atoms with Gasteiger partial charge in [-0.2, -0.15) is 5.10 Å². The van der Waals surface area contributed by atoms with Crippen molar-refractivity contribution in [3.63, 3.8) is 0 Å². The van der Waals surface area contributed by atoms with E-state index in [1.807, 2.05) is 6.92 Å². The highest BCUT2D eigenvalue weighted by Crippen LogP contribution is 2.27. The molecular formula is C13H21N5O2. The quantitative estimate of drug-likeness (QED) is 0.713. The van der Waals surface area contributed by atoms with Gasteiger partial charge < -0.3 is 16.0 Å². The topological polar surface area (TPSA) is 88.1 Å². The molecule has 1 aromatic heterocycles. The summed E-state index contributed by atoms with van der Waals surface area (Å²) in [5.74, 6) is 0.476. The molecule has 1 heterocycles. The maximum Gasteiger partial charge on any atom is 0.319 e. The summed E-state index contributed by atoms with van der Waals surface area (Å²) in [6.07, 6.45) is 4.86. The van der Waals surface area contributed by atoms with Gasteiger partial charge in [-0.3, -0.25) is 9.48 Å². The highest BCUT2D eigenvalue weighted by molar-refractivity contribution is 5.92. The highest BCUT2D eigenvalue weighted by Gasteiger charge is 2.21. The van der Waals surface area contributed by atoms with Crippen molar-refractivity contribution in [1.29, 1.82) is 0 Å². The van der Waals surface area contributed by atoms with Crippen molar-refractivity contribution in [3.8, 4) is 0 Å². The first-order valence-electron chi connectivity index (χ1n) is 6.92. The molecule has 0 bridgehead atoms. The number of anilines is 1. The molecule has 0 radical (unpaired) electrons. The summed E-state index contributed by atoms with van der Waals surface area (Å²) in [4.78, 5) is 23.2. The van der Waals surface area contributed by atoms with Gasteiger partial charge in [-0.1, -0.05) is 6.92 Å². The smallest absolute Gasteiger partial charge is 0.319 e. The molecule has 3 amide bonds. The molecule has 3 N–H and O–H groups in total. The lowest BCUT2D eigenvalue weighted by molar-refractivity contribution is -0.120. The summed E-state index contributed by atoms with van der Waals surface area (Å²) in [6, 6.07) is -0.394. The average Bonchev–Trinajstić information content (AvgIpc) is 3.17. The van der Waals surface area contributed by atoms with Crippen LogP contribution in [0.3, 0.4) is 0 Å². The third-order valence-electron chi connectivity index (χ3n) is 3.18. The van der Waals surface area contributed by atoms with Crippen LogP contribution in [0.15, 0.2) is 6.20 Å². The molecule has 1 aliphatic rings. The Hall–Kier alpha value is -2.05. The first kappa shape index (κ1) is 14.4. The molecule has 0 aromatic carbocycles. The molecule has 0 saturated heterocycles. The SMILES string of the molecule is CCc1nn(C)cc1NC(=O)NCC(=O)NCC1CC1. The van der Waals surface area contributed by atoms with Crippen molar-refractivity contribution < 1.29 is 9.59 Å². The Bertz CT molecular complexity index is 493. The van der Waals surface area contributed by atoms with Gasteiger partial charge >= 0.3 is 6.03 Å². The summed E-state index contributed by atoms with van der Waals surface area (Å²) in [7, 11) is 1.80. The Labute approximate surface area is 118 Å². The van der Waals surface area contributed by atoms with Crippen molar-refractivity contribution in [1.82, 2.24) is 20.4 Å². The van der Waals surface area contributed by atoms with Crippen molar-refractivity contribution in [2.45, 2.75) is 26.2 Å². The number of hydrogen-bond donors (Lipinski definition) is 3. The van der Waals surface area contributed by atoms with Crippen molar-refractivity contribution >= 4 is 17.6 Å². The van der Waals surface area contributed by atoms with Gasteiger partial charge in [-0.25, -0.2) is 4.79 Å². The monoisotopic (exact) mass is 279 g/mol. The van der Waals surface area contributed by atoms with E-state index in [9.17, 15) is 9.59 Å². The Balaban J connectivity index is 1.72. The number of nitrogens with zero attached hydrogens (tertiary/aromatic N) is 2. The van der Waals surface area contributed by atoms with Crippen molar-refractivity contribution in [2.75, 3.05) is 18.4 Å². The zero-order chi connectivity index (χ0) is 14.5. The number of aromatic nitrogens is 2. The fourth-order valence-corrected chi connectivity index (χ4v) is 1.87. The van der Waals surface area contributed by atoms with Crippen LogP contribution in [-0.4, -0.2) is 34.8 Å². The molecule has 1 saturated carbocycles. The van der Waals surface area contributed by atoms with Crippen LogP contribution in [0.25, 0.3) is 0 Å². The molecule has 7 nitrogen and oxygen atoms in total. The Morgan fingerprint density at radius 3 is 2.80 bits per heavy atom. The highest BCUT2D eigenvalue weighted by atomic mass is 16.2. The zero-order valence-electron chi connectivity index (χ0n) is 11.9. The molecule has 0 spiro atoms. The third kappa shape index (κ3) is 4.25. The van der Waals surface area contributed by atoms with E-state index in [0.29, 0.717) is 18.2 Å². The number of carbonyl (C=O) groups is 2. The lowest BCUT2D eigenvalue weighted by Gasteiger charge is -2.07. The fourth-order valence-electron chi connectivity index (χ4n) is 1.87. The summed E-state index contributed by atoms with van der Waals surface area (Å²) >= 11 is 0. The van der Waals surface area contributed by atoms with Gasteiger partial charge in [0.2, 0.25) is 5.91 Å².